The Hall–Kier alpha value is -2.37. The molecule has 7 heteroatoms. The highest BCUT2D eigenvalue weighted by atomic mass is 35.5. The van der Waals surface area contributed by atoms with Crippen molar-refractivity contribution < 1.29 is 0 Å². The molecule has 0 unspecified atom stereocenters. The van der Waals surface area contributed by atoms with Crippen LogP contribution >= 0.6 is 23.2 Å². The fourth-order valence-electron chi connectivity index (χ4n) is 2.44. The van der Waals surface area contributed by atoms with E-state index in [2.05, 4.69) is 20.5 Å². The Bertz CT molecular complexity index is 959. The van der Waals surface area contributed by atoms with Crippen LogP contribution in [0.2, 0.25) is 10.0 Å². The summed E-state index contributed by atoms with van der Waals surface area (Å²) in [4.78, 5) is 3.15. The molecule has 0 aliphatic heterocycles. The molecule has 0 amide bonds. The number of H-pyrrole nitrogens is 1. The molecule has 2 aromatic carbocycles. The number of fused-ring (bicyclic) bond motifs is 1. The molecule has 0 aliphatic rings. The second kappa shape index (κ2) is 5.12. The average Bonchev–Trinajstić information content (AvgIpc) is 3.14. The summed E-state index contributed by atoms with van der Waals surface area (Å²) in [5, 5.41) is 14.0. The SMILES string of the molecule is Clc1cc(Cl)c2[nH]cc(-c3nnnn3-c3ccccc3)c2c1. The van der Waals surface area contributed by atoms with Gasteiger partial charge < -0.3 is 4.98 Å². The molecule has 0 radical (unpaired) electrons. The number of para-hydroxylation sites is 1. The third-order valence-corrected chi connectivity index (χ3v) is 3.93. The standard InChI is InChI=1S/C15H9Cl2N5/c16-9-6-11-12(8-18-14(11)13(17)7-9)15-19-20-21-22(15)10-4-2-1-3-5-10/h1-8,18H. The number of tetrazole rings is 1. The van der Waals surface area contributed by atoms with Crippen LogP contribution in [0.5, 0.6) is 0 Å². The van der Waals surface area contributed by atoms with Gasteiger partial charge in [-0.25, -0.2) is 0 Å². The van der Waals surface area contributed by atoms with Crippen LogP contribution in [-0.4, -0.2) is 25.2 Å². The summed E-state index contributed by atoms with van der Waals surface area (Å²) in [6.45, 7) is 0. The van der Waals surface area contributed by atoms with Gasteiger partial charge in [-0.05, 0) is 34.7 Å². The second-order valence-electron chi connectivity index (χ2n) is 4.76. The average molecular weight is 330 g/mol. The molecule has 0 bridgehead atoms. The summed E-state index contributed by atoms with van der Waals surface area (Å²) in [7, 11) is 0. The summed E-state index contributed by atoms with van der Waals surface area (Å²) in [6, 6.07) is 13.2. The van der Waals surface area contributed by atoms with Gasteiger partial charge in [0.15, 0.2) is 5.82 Å². The Morgan fingerprint density at radius 1 is 1.05 bits per heavy atom. The van der Waals surface area contributed by atoms with Gasteiger partial charge in [0.2, 0.25) is 0 Å². The normalized spacial score (nSPS) is 11.2. The van der Waals surface area contributed by atoms with Gasteiger partial charge >= 0.3 is 0 Å². The zero-order valence-electron chi connectivity index (χ0n) is 11.2. The minimum atomic E-state index is 0.562. The van der Waals surface area contributed by atoms with Crippen LogP contribution in [0.1, 0.15) is 0 Å². The fourth-order valence-corrected chi connectivity index (χ4v) is 2.99. The van der Waals surface area contributed by atoms with E-state index in [1.165, 1.54) is 0 Å². The summed E-state index contributed by atoms with van der Waals surface area (Å²) in [5.74, 6) is 0.621. The van der Waals surface area contributed by atoms with Crippen LogP contribution < -0.4 is 0 Å². The van der Waals surface area contributed by atoms with E-state index in [1.54, 1.807) is 10.7 Å². The van der Waals surface area contributed by atoms with Crippen molar-refractivity contribution in [1.82, 2.24) is 25.2 Å². The minimum Gasteiger partial charge on any atom is -0.359 e. The predicted octanol–water partition coefficient (Wildman–Crippen LogP) is 4.12. The number of hydrogen-bond acceptors (Lipinski definition) is 3. The third-order valence-electron chi connectivity index (χ3n) is 3.42. The first kappa shape index (κ1) is 13.3. The van der Waals surface area contributed by atoms with Crippen LogP contribution in [-0.2, 0) is 0 Å². The highest BCUT2D eigenvalue weighted by Gasteiger charge is 2.16. The highest BCUT2D eigenvalue weighted by molar-refractivity contribution is 6.38. The number of aromatic amines is 1. The van der Waals surface area contributed by atoms with Gasteiger partial charge in [0.25, 0.3) is 0 Å². The van der Waals surface area contributed by atoms with E-state index in [0.29, 0.717) is 15.9 Å². The Morgan fingerprint density at radius 3 is 2.68 bits per heavy atom. The molecular weight excluding hydrogens is 321 g/mol. The lowest BCUT2D eigenvalue weighted by molar-refractivity contribution is 0.791. The number of nitrogens with zero attached hydrogens (tertiary/aromatic N) is 4. The van der Waals surface area contributed by atoms with Crippen molar-refractivity contribution in [1.29, 1.82) is 0 Å². The first-order valence-corrected chi connectivity index (χ1v) is 7.30. The summed E-state index contributed by atoms with van der Waals surface area (Å²) < 4.78 is 1.68. The maximum Gasteiger partial charge on any atom is 0.189 e. The van der Waals surface area contributed by atoms with Crippen molar-refractivity contribution in [3.05, 3.63) is 58.7 Å². The van der Waals surface area contributed by atoms with Crippen molar-refractivity contribution in [3.63, 3.8) is 0 Å². The van der Waals surface area contributed by atoms with Crippen LogP contribution in [0.3, 0.4) is 0 Å². The molecule has 1 N–H and O–H groups in total. The lowest BCUT2D eigenvalue weighted by Crippen LogP contribution is -1.99. The maximum absolute atomic E-state index is 6.22. The number of benzene rings is 2. The van der Waals surface area contributed by atoms with Crippen molar-refractivity contribution in [2.45, 2.75) is 0 Å². The Morgan fingerprint density at radius 2 is 1.86 bits per heavy atom. The van der Waals surface area contributed by atoms with Gasteiger partial charge in [-0.15, -0.1) is 5.10 Å². The van der Waals surface area contributed by atoms with Crippen molar-refractivity contribution in [2.24, 2.45) is 0 Å². The topological polar surface area (TPSA) is 59.4 Å². The van der Waals surface area contributed by atoms with Crippen LogP contribution in [0.25, 0.3) is 28.0 Å². The molecule has 2 aromatic heterocycles. The second-order valence-corrected chi connectivity index (χ2v) is 5.61. The number of aromatic nitrogens is 5. The molecule has 2 heterocycles. The van der Waals surface area contributed by atoms with Crippen molar-refractivity contribution >= 4 is 34.1 Å². The van der Waals surface area contributed by atoms with Crippen LogP contribution in [0, 0.1) is 0 Å². The van der Waals surface area contributed by atoms with E-state index in [4.69, 9.17) is 23.2 Å². The lowest BCUT2D eigenvalue weighted by Gasteiger charge is -2.03. The molecule has 5 nitrogen and oxygen atoms in total. The van der Waals surface area contributed by atoms with E-state index in [9.17, 15) is 0 Å². The Balaban J connectivity index is 1.96. The fraction of sp³-hybridized carbons (Fsp3) is 0. The quantitative estimate of drug-likeness (QED) is 0.601. The smallest absolute Gasteiger partial charge is 0.189 e. The van der Waals surface area contributed by atoms with Gasteiger partial charge in [-0.2, -0.15) is 4.68 Å². The zero-order valence-corrected chi connectivity index (χ0v) is 12.7. The predicted molar refractivity (Wildman–Crippen MR) is 86.5 cm³/mol. The van der Waals surface area contributed by atoms with E-state index in [1.807, 2.05) is 42.6 Å². The summed E-state index contributed by atoms with van der Waals surface area (Å²) in [6.07, 6.45) is 1.83. The molecule has 108 valence electrons. The highest BCUT2D eigenvalue weighted by Crippen LogP contribution is 2.34. The number of hydrogen-bond donors (Lipinski definition) is 1. The Labute approximate surface area is 135 Å². The molecular formula is C15H9Cl2N5. The number of halogens is 2. The van der Waals surface area contributed by atoms with Crippen molar-refractivity contribution in [3.8, 4) is 17.1 Å². The molecule has 0 spiro atoms. The van der Waals surface area contributed by atoms with Crippen molar-refractivity contribution in [2.75, 3.05) is 0 Å². The van der Waals surface area contributed by atoms with Gasteiger partial charge in [-0.3, -0.25) is 0 Å². The molecule has 0 fully saturated rings. The zero-order chi connectivity index (χ0) is 15.1. The molecule has 0 saturated carbocycles. The lowest BCUT2D eigenvalue weighted by atomic mass is 10.1. The van der Waals surface area contributed by atoms with E-state index in [-0.39, 0.29) is 0 Å². The molecule has 4 aromatic rings. The minimum absolute atomic E-state index is 0.562. The number of rotatable bonds is 2. The molecule has 0 saturated heterocycles. The maximum atomic E-state index is 6.22. The van der Waals surface area contributed by atoms with E-state index >= 15 is 0 Å². The van der Waals surface area contributed by atoms with Crippen LogP contribution in [0.4, 0.5) is 0 Å². The molecule has 0 aliphatic carbocycles. The van der Waals surface area contributed by atoms with E-state index in [0.717, 1.165) is 22.2 Å². The molecule has 22 heavy (non-hydrogen) atoms. The monoisotopic (exact) mass is 329 g/mol. The largest absolute Gasteiger partial charge is 0.359 e. The first-order chi connectivity index (χ1) is 10.7. The molecule has 0 atom stereocenters. The number of nitrogens with one attached hydrogen (secondary N) is 1. The van der Waals surface area contributed by atoms with Gasteiger partial charge in [-0.1, -0.05) is 41.4 Å². The van der Waals surface area contributed by atoms with Crippen LogP contribution in [0.15, 0.2) is 48.7 Å². The first-order valence-electron chi connectivity index (χ1n) is 6.54. The van der Waals surface area contributed by atoms with Gasteiger partial charge in [0.1, 0.15) is 0 Å². The Kier molecular flexibility index (Phi) is 3.10. The molecule has 4 rings (SSSR count). The van der Waals surface area contributed by atoms with Gasteiger partial charge in [0, 0.05) is 22.2 Å². The summed E-state index contributed by atoms with van der Waals surface area (Å²) >= 11 is 12.3. The third kappa shape index (κ3) is 2.06. The van der Waals surface area contributed by atoms with E-state index < -0.39 is 0 Å². The van der Waals surface area contributed by atoms with Gasteiger partial charge in [0.05, 0.1) is 16.2 Å². The summed E-state index contributed by atoms with van der Waals surface area (Å²) in [5.41, 5.74) is 2.53.